The second-order valence-corrected chi connectivity index (χ2v) is 7.66. The molecule has 0 radical (unpaired) electrons. The third kappa shape index (κ3) is 3.00. The van der Waals surface area contributed by atoms with Gasteiger partial charge in [0.1, 0.15) is 5.52 Å². The van der Waals surface area contributed by atoms with Crippen LogP contribution < -0.4 is 0 Å². The first-order valence-electron chi connectivity index (χ1n) is 9.27. The highest BCUT2D eigenvalue weighted by Gasteiger charge is 2.12. The molecule has 0 saturated carbocycles. The fourth-order valence-electron chi connectivity index (χ4n) is 3.62. The van der Waals surface area contributed by atoms with Crippen molar-refractivity contribution in [3.05, 3.63) is 96.6 Å². The van der Waals surface area contributed by atoms with Crippen molar-refractivity contribution >= 4 is 21.7 Å². The highest BCUT2D eigenvalue weighted by atomic mass is 32.1. The number of rotatable bonds is 3. The van der Waals surface area contributed by atoms with Crippen LogP contribution in [0.3, 0.4) is 0 Å². The molecule has 0 bridgehead atoms. The molecule has 0 amide bonds. The topological polar surface area (TPSA) is 25.8 Å². The van der Waals surface area contributed by atoms with Crippen LogP contribution in [0.15, 0.2) is 91.0 Å². The highest BCUT2D eigenvalue weighted by molar-refractivity contribution is 7.13. The standard InChI is InChI=1S/C25H18N2S/c1-17-7-5-6-10-22(17)23-15-21(16-24-25(23)28-27-26-24)20-13-11-19(12-14-20)18-8-3-2-4-9-18/h2-16H,1H3. The molecule has 0 unspecified atom stereocenters. The summed E-state index contributed by atoms with van der Waals surface area (Å²) in [5.41, 5.74) is 9.45. The summed E-state index contributed by atoms with van der Waals surface area (Å²) in [5, 5.41) is 4.35. The van der Waals surface area contributed by atoms with Crippen LogP contribution >= 0.6 is 11.5 Å². The number of nitrogens with zero attached hydrogens (tertiary/aromatic N) is 2. The number of hydrogen-bond acceptors (Lipinski definition) is 3. The van der Waals surface area contributed by atoms with E-state index < -0.39 is 0 Å². The van der Waals surface area contributed by atoms with Gasteiger partial charge in [-0.05, 0) is 64.0 Å². The monoisotopic (exact) mass is 378 g/mol. The second-order valence-electron chi connectivity index (χ2n) is 6.90. The minimum absolute atomic E-state index is 0.952. The van der Waals surface area contributed by atoms with Gasteiger partial charge in [0.05, 0.1) is 4.70 Å². The van der Waals surface area contributed by atoms with E-state index in [-0.39, 0.29) is 0 Å². The first-order valence-corrected chi connectivity index (χ1v) is 10.0. The Labute approximate surface area is 168 Å². The number of fused-ring (bicyclic) bond motifs is 1. The smallest absolute Gasteiger partial charge is 0.107 e. The molecule has 2 nitrogen and oxygen atoms in total. The van der Waals surface area contributed by atoms with Gasteiger partial charge in [0.15, 0.2) is 0 Å². The average molecular weight is 379 g/mol. The molecule has 28 heavy (non-hydrogen) atoms. The highest BCUT2D eigenvalue weighted by Crippen LogP contribution is 2.36. The van der Waals surface area contributed by atoms with Gasteiger partial charge in [0.25, 0.3) is 0 Å². The van der Waals surface area contributed by atoms with Crippen molar-refractivity contribution in [2.75, 3.05) is 0 Å². The lowest BCUT2D eigenvalue weighted by Gasteiger charge is -2.10. The van der Waals surface area contributed by atoms with Crippen molar-refractivity contribution in [1.82, 2.24) is 9.59 Å². The Balaban J connectivity index is 1.63. The first-order chi connectivity index (χ1) is 13.8. The van der Waals surface area contributed by atoms with Crippen LogP contribution in [0, 0.1) is 6.92 Å². The number of hydrogen-bond donors (Lipinski definition) is 0. The maximum atomic E-state index is 4.35. The molecule has 0 fully saturated rings. The summed E-state index contributed by atoms with van der Waals surface area (Å²) in [6.07, 6.45) is 0. The third-order valence-corrected chi connectivity index (χ3v) is 5.89. The molecule has 3 heteroatoms. The van der Waals surface area contributed by atoms with E-state index in [2.05, 4.69) is 101 Å². The van der Waals surface area contributed by atoms with Crippen LogP contribution in [0.1, 0.15) is 5.56 Å². The van der Waals surface area contributed by atoms with Crippen LogP contribution in [-0.2, 0) is 0 Å². The Morgan fingerprint density at radius 1 is 0.607 bits per heavy atom. The Hall–Kier alpha value is -3.30. The maximum absolute atomic E-state index is 4.35. The van der Waals surface area contributed by atoms with Crippen LogP contribution in [0.2, 0.25) is 0 Å². The van der Waals surface area contributed by atoms with Gasteiger partial charge in [0, 0.05) is 5.56 Å². The summed E-state index contributed by atoms with van der Waals surface area (Å²) in [5.74, 6) is 0. The zero-order chi connectivity index (χ0) is 18.9. The van der Waals surface area contributed by atoms with Crippen molar-refractivity contribution in [3.8, 4) is 33.4 Å². The summed E-state index contributed by atoms with van der Waals surface area (Å²) in [7, 11) is 0. The summed E-state index contributed by atoms with van der Waals surface area (Å²) in [6.45, 7) is 2.15. The predicted octanol–water partition coefficient (Wildman–Crippen LogP) is 7.00. The summed E-state index contributed by atoms with van der Waals surface area (Å²) in [6, 6.07) is 32.1. The van der Waals surface area contributed by atoms with E-state index in [1.807, 2.05) is 6.07 Å². The molecule has 0 aliphatic heterocycles. The second kappa shape index (κ2) is 7.02. The van der Waals surface area contributed by atoms with Gasteiger partial charge < -0.3 is 0 Å². The van der Waals surface area contributed by atoms with Crippen molar-refractivity contribution < 1.29 is 0 Å². The molecule has 5 rings (SSSR count). The van der Waals surface area contributed by atoms with Gasteiger partial charge in [-0.1, -0.05) is 83.4 Å². The predicted molar refractivity (Wildman–Crippen MR) is 118 cm³/mol. The molecule has 1 heterocycles. The Morgan fingerprint density at radius 3 is 2.00 bits per heavy atom. The van der Waals surface area contributed by atoms with Gasteiger partial charge in [-0.2, -0.15) is 0 Å². The normalized spacial score (nSPS) is 11.0. The zero-order valence-electron chi connectivity index (χ0n) is 15.5. The summed E-state index contributed by atoms with van der Waals surface area (Å²) >= 11 is 1.46. The Bertz CT molecular complexity index is 1250. The van der Waals surface area contributed by atoms with E-state index >= 15 is 0 Å². The lowest BCUT2D eigenvalue weighted by molar-refractivity contribution is 1.20. The molecule has 134 valence electrons. The van der Waals surface area contributed by atoms with E-state index in [0.29, 0.717) is 0 Å². The first kappa shape index (κ1) is 16.8. The molecule has 0 N–H and O–H groups in total. The van der Waals surface area contributed by atoms with Gasteiger partial charge in [-0.3, -0.25) is 0 Å². The molecule has 5 aromatic rings. The van der Waals surface area contributed by atoms with Gasteiger partial charge in [-0.25, -0.2) is 0 Å². The van der Waals surface area contributed by atoms with Crippen LogP contribution in [-0.4, -0.2) is 9.59 Å². The third-order valence-electron chi connectivity index (χ3n) is 5.11. The molecular formula is C25H18N2S. The molecular weight excluding hydrogens is 360 g/mol. The SMILES string of the molecule is Cc1ccccc1-c1cc(-c2ccc(-c3ccccc3)cc2)cc2nnsc12. The maximum Gasteiger partial charge on any atom is 0.107 e. The average Bonchev–Trinajstić information content (AvgIpc) is 3.23. The van der Waals surface area contributed by atoms with Crippen molar-refractivity contribution in [2.45, 2.75) is 6.92 Å². The van der Waals surface area contributed by atoms with Gasteiger partial charge in [0.2, 0.25) is 0 Å². The fourth-order valence-corrected chi connectivity index (χ4v) is 4.29. The number of aromatic nitrogens is 2. The molecule has 0 aliphatic rings. The minimum Gasteiger partial charge on any atom is -0.138 e. The lowest BCUT2D eigenvalue weighted by Crippen LogP contribution is -1.86. The molecule has 4 aromatic carbocycles. The zero-order valence-corrected chi connectivity index (χ0v) is 16.3. The lowest BCUT2D eigenvalue weighted by atomic mass is 9.95. The van der Waals surface area contributed by atoms with Crippen LogP contribution in [0.25, 0.3) is 43.6 Å². The van der Waals surface area contributed by atoms with Crippen LogP contribution in [0.4, 0.5) is 0 Å². The Kier molecular flexibility index (Phi) is 4.22. The molecule has 0 spiro atoms. The Morgan fingerprint density at radius 2 is 1.25 bits per heavy atom. The van der Waals surface area contributed by atoms with E-state index in [1.54, 1.807) is 0 Å². The largest absolute Gasteiger partial charge is 0.138 e. The van der Waals surface area contributed by atoms with E-state index in [4.69, 9.17) is 0 Å². The van der Waals surface area contributed by atoms with Crippen molar-refractivity contribution in [3.63, 3.8) is 0 Å². The quantitative estimate of drug-likeness (QED) is 0.338. The number of aryl methyl sites for hydroxylation is 1. The van der Waals surface area contributed by atoms with Crippen molar-refractivity contribution in [2.24, 2.45) is 0 Å². The fraction of sp³-hybridized carbons (Fsp3) is 0.0400. The molecule has 0 atom stereocenters. The van der Waals surface area contributed by atoms with Crippen molar-refractivity contribution in [1.29, 1.82) is 0 Å². The summed E-state index contributed by atoms with van der Waals surface area (Å²) in [4.78, 5) is 0. The summed E-state index contributed by atoms with van der Waals surface area (Å²) < 4.78 is 5.34. The molecule has 0 saturated heterocycles. The van der Waals surface area contributed by atoms with E-state index in [9.17, 15) is 0 Å². The van der Waals surface area contributed by atoms with Crippen LogP contribution in [0.5, 0.6) is 0 Å². The minimum atomic E-state index is 0.952. The van der Waals surface area contributed by atoms with Gasteiger partial charge >= 0.3 is 0 Å². The van der Waals surface area contributed by atoms with E-state index in [1.165, 1.54) is 44.9 Å². The van der Waals surface area contributed by atoms with E-state index in [0.717, 1.165) is 15.8 Å². The number of benzene rings is 4. The van der Waals surface area contributed by atoms with Gasteiger partial charge in [-0.15, -0.1) is 5.10 Å². The molecule has 0 aliphatic carbocycles. The molecule has 1 aromatic heterocycles.